The largest absolute Gasteiger partial charge is 0.505 e. The number of halogens is 1. The Morgan fingerprint density at radius 3 is 2.82 bits per heavy atom. The predicted octanol–water partition coefficient (Wildman–Crippen LogP) is 2.14. The summed E-state index contributed by atoms with van der Waals surface area (Å²) in [6.45, 7) is 1.13. The number of nitrogens with zero attached hydrogens (tertiary/aromatic N) is 2. The summed E-state index contributed by atoms with van der Waals surface area (Å²) in [4.78, 5) is 18.0. The Labute approximate surface area is 127 Å². The zero-order valence-corrected chi connectivity index (χ0v) is 11.8. The second-order valence-corrected chi connectivity index (χ2v) is 5.03. The predicted molar refractivity (Wildman–Crippen MR) is 76.9 cm³/mol. The van der Waals surface area contributed by atoms with Crippen LogP contribution in [0.1, 0.15) is 22.2 Å². The molecule has 3 rings (SSSR count). The van der Waals surface area contributed by atoms with E-state index in [9.17, 15) is 14.3 Å². The van der Waals surface area contributed by atoms with Crippen LogP contribution in [0.15, 0.2) is 42.6 Å². The minimum atomic E-state index is -0.339. The molecule has 0 saturated carbocycles. The van der Waals surface area contributed by atoms with E-state index in [1.807, 2.05) is 0 Å². The van der Waals surface area contributed by atoms with Gasteiger partial charge in [0.15, 0.2) is 5.69 Å². The van der Waals surface area contributed by atoms with E-state index >= 15 is 0 Å². The standard InChI is InChI=1S/C16H15FN2O3/c17-12-5-3-11(4-6-12)14-10-19(8-9-22-14)16(21)15-13(20)2-1-7-18-15/h1-7,14,20H,8-10H2/t14-/m0/s1. The Bertz CT molecular complexity index is 675. The Morgan fingerprint density at radius 1 is 1.32 bits per heavy atom. The maximum atomic E-state index is 13.0. The molecular formula is C16H15FN2O3. The normalized spacial score (nSPS) is 18.2. The molecule has 22 heavy (non-hydrogen) atoms. The van der Waals surface area contributed by atoms with E-state index in [4.69, 9.17) is 4.74 Å². The molecule has 1 amide bonds. The van der Waals surface area contributed by atoms with Crippen molar-refractivity contribution in [1.82, 2.24) is 9.88 Å². The van der Waals surface area contributed by atoms with Gasteiger partial charge in [-0.1, -0.05) is 12.1 Å². The highest BCUT2D eigenvalue weighted by molar-refractivity contribution is 5.94. The van der Waals surface area contributed by atoms with Gasteiger partial charge >= 0.3 is 0 Å². The Kier molecular flexibility index (Phi) is 4.02. The number of rotatable bonds is 2. The van der Waals surface area contributed by atoms with Crippen molar-refractivity contribution in [2.45, 2.75) is 6.10 Å². The van der Waals surface area contributed by atoms with Crippen LogP contribution in [-0.4, -0.2) is 40.6 Å². The lowest BCUT2D eigenvalue weighted by Crippen LogP contribution is -2.42. The fourth-order valence-electron chi connectivity index (χ4n) is 2.42. The second kappa shape index (κ2) is 6.11. The number of hydrogen-bond donors (Lipinski definition) is 1. The summed E-state index contributed by atoms with van der Waals surface area (Å²) in [7, 11) is 0. The molecule has 0 unspecified atom stereocenters. The van der Waals surface area contributed by atoms with Crippen LogP contribution in [0.2, 0.25) is 0 Å². The monoisotopic (exact) mass is 302 g/mol. The van der Waals surface area contributed by atoms with Crippen molar-refractivity contribution in [1.29, 1.82) is 0 Å². The van der Waals surface area contributed by atoms with Gasteiger partial charge in [-0.2, -0.15) is 0 Å². The van der Waals surface area contributed by atoms with E-state index in [0.717, 1.165) is 5.56 Å². The highest BCUT2D eigenvalue weighted by Gasteiger charge is 2.28. The molecule has 0 bridgehead atoms. The van der Waals surface area contributed by atoms with Crippen LogP contribution < -0.4 is 0 Å². The van der Waals surface area contributed by atoms with Gasteiger partial charge in [0.1, 0.15) is 17.7 Å². The van der Waals surface area contributed by atoms with Gasteiger partial charge in [0.25, 0.3) is 5.91 Å². The number of benzene rings is 1. The molecule has 2 heterocycles. The van der Waals surface area contributed by atoms with Crippen molar-refractivity contribution < 1.29 is 19.0 Å². The first kappa shape index (κ1) is 14.5. The van der Waals surface area contributed by atoms with Gasteiger partial charge in [-0.3, -0.25) is 4.79 Å². The molecule has 0 aliphatic carbocycles. The molecule has 114 valence electrons. The molecule has 5 nitrogen and oxygen atoms in total. The van der Waals surface area contributed by atoms with Gasteiger partial charge in [0, 0.05) is 12.7 Å². The highest BCUT2D eigenvalue weighted by Crippen LogP contribution is 2.24. The van der Waals surface area contributed by atoms with Crippen molar-refractivity contribution in [3.8, 4) is 5.75 Å². The zero-order valence-electron chi connectivity index (χ0n) is 11.8. The molecule has 1 saturated heterocycles. The summed E-state index contributed by atoms with van der Waals surface area (Å²) in [5, 5.41) is 9.74. The number of carbonyl (C=O) groups is 1. The third-order valence-corrected chi connectivity index (χ3v) is 3.58. The number of carbonyl (C=O) groups excluding carboxylic acids is 1. The number of ether oxygens (including phenoxy) is 1. The minimum absolute atomic E-state index is 0.0299. The molecule has 1 aliphatic heterocycles. The summed E-state index contributed by atoms with van der Waals surface area (Å²) >= 11 is 0. The number of aromatic nitrogens is 1. The van der Waals surface area contributed by atoms with Crippen LogP contribution in [0.5, 0.6) is 5.75 Å². The Balaban J connectivity index is 1.77. The minimum Gasteiger partial charge on any atom is -0.505 e. The first-order chi connectivity index (χ1) is 10.6. The van der Waals surface area contributed by atoms with Gasteiger partial charge in [-0.05, 0) is 29.8 Å². The van der Waals surface area contributed by atoms with Crippen molar-refractivity contribution in [2.75, 3.05) is 19.7 Å². The average molecular weight is 302 g/mol. The lowest BCUT2D eigenvalue weighted by atomic mass is 10.1. The zero-order chi connectivity index (χ0) is 15.5. The van der Waals surface area contributed by atoms with Crippen LogP contribution in [0.25, 0.3) is 0 Å². The first-order valence-electron chi connectivity index (χ1n) is 6.95. The van der Waals surface area contributed by atoms with E-state index in [2.05, 4.69) is 4.98 Å². The number of morpholine rings is 1. The van der Waals surface area contributed by atoms with E-state index < -0.39 is 0 Å². The fraction of sp³-hybridized carbons (Fsp3) is 0.250. The second-order valence-electron chi connectivity index (χ2n) is 5.03. The average Bonchev–Trinajstić information content (AvgIpc) is 2.55. The third-order valence-electron chi connectivity index (χ3n) is 3.58. The maximum Gasteiger partial charge on any atom is 0.276 e. The SMILES string of the molecule is O=C(c1ncccc1O)N1CCO[C@H](c2ccc(F)cc2)C1. The Morgan fingerprint density at radius 2 is 2.09 bits per heavy atom. The van der Waals surface area contributed by atoms with Crippen LogP contribution in [0.3, 0.4) is 0 Å². The number of aromatic hydroxyl groups is 1. The summed E-state index contributed by atoms with van der Waals surface area (Å²) in [6, 6.07) is 9.01. The number of amides is 1. The summed E-state index contributed by atoms with van der Waals surface area (Å²) in [5.41, 5.74) is 0.839. The van der Waals surface area contributed by atoms with E-state index in [1.54, 1.807) is 23.1 Å². The van der Waals surface area contributed by atoms with Crippen LogP contribution in [-0.2, 0) is 4.74 Å². The fourth-order valence-corrected chi connectivity index (χ4v) is 2.42. The molecule has 6 heteroatoms. The topological polar surface area (TPSA) is 62.7 Å². The van der Waals surface area contributed by atoms with Crippen LogP contribution in [0.4, 0.5) is 4.39 Å². The lowest BCUT2D eigenvalue weighted by Gasteiger charge is -2.33. The Hall–Kier alpha value is -2.47. The molecule has 0 spiro atoms. The lowest BCUT2D eigenvalue weighted by molar-refractivity contribution is -0.0231. The van der Waals surface area contributed by atoms with Gasteiger partial charge in [-0.25, -0.2) is 9.37 Å². The van der Waals surface area contributed by atoms with Crippen LogP contribution >= 0.6 is 0 Å². The van der Waals surface area contributed by atoms with Crippen LogP contribution in [0, 0.1) is 5.82 Å². The maximum absolute atomic E-state index is 13.0. The van der Waals surface area contributed by atoms with E-state index in [-0.39, 0.29) is 29.3 Å². The van der Waals surface area contributed by atoms with Gasteiger partial charge in [-0.15, -0.1) is 0 Å². The van der Waals surface area contributed by atoms with Gasteiger partial charge in [0.05, 0.1) is 13.2 Å². The molecule has 1 atom stereocenters. The molecule has 1 aromatic carbocycles. The molecule has 1 N–H and O–H groups in total. The molecule has 1 fully saturated rings. The quantitative estimate of drug-likeness (QED) is 0.923. The molecule has 2 aromatic rings. The summed E-state index contributed by atoms with van der Waals surface area (Å²) in [6.07, 6.45) is 1.15. The van der Waals surface area contributed by atoms with Crippen molar-refractivity contribution >= 4 is 5.91 Å². The highest BCUT2D eigenvalue weighted by atomic mass is 19.1. The molecule has 1 aliphatic rings. The number of hydrogen-bond acceptors (Lipinski definition) is 4. The third kappa shape index (κ3) is 2.92. The van der Waals surface area contributed by atoms with Crippen molar-refractivity contribution in [3.63, 3.8) is 0 Å². The number of pyridine rings is 1. The summed E-state index contributed by atoms with van der Waals surface area (Å²) < 4.78 is 18.6. The van der Waals surface area contributed by atoms with E-state index in [1.165, 1.54) is 24.4 Å². The molecular weight excluding hydrogens is 287 g/mol. The smallest absolute Gasteiger partial charge is 0.276 e. The van der Waals surface area contributed by atoms with Crippen molar-refractivity contribution in [3.05, 3.63) is 59.7 Å². The summed E-state index contributed by atoms with van der Waals surface area (Å²) in [5.74, 6) is -0.795. The first-order valence-corrected chi connectivity index (χ1v) is 6.95. The molecule has 1 aromatic heterocycles. The van der Waals surface area contributed by atoms with E-state index in [0.29, 0.717) is 19.7 Å². The van der Waals surface area contributed by atoms with Gasteiger partial charge < -0.3 is 14.7 Å². The van der Waals surface area contributed by atoms with Crippen molar-refractivity contribution in [2.24, 2.45) is 0 Å². The molecule has 0 radical (unpaired) electrons. The van der Waals surface area contributed by atoms with Gasteiger partial charge in [0.2, 0.25) is 0 Å².